The number of rotatable bonds is 5. The predicted octanol–water partition coefficient (Wildman–Crippen LogP) is 0.0928. The highest BCUT2D eigenvalue weighted by atomic mass is 32.2. The lowest BCUT2D eigenvalue weighted by Crippen LogP contribution is -2.18. The first-order valence-electron chi connectivity index (χ1n) is 4.98. The molecule has 0 aliphatic heterocycles. The van der Waals surface area contributed by atoms with Crippen LogP contribution in [0.2, 0.25) is 0 Å². The number of aryl methyl sites for hydroxylation is 1. The molecule has 0 fully saturated rings. The minimum absolute atomic E-state index is 0.165. The fourth-order valence-electron chi connectivity index (χ4n) is 1.33. The van der Waals surface area contributed by atoms with Crippen molar-refractivity contribution in [3.05, 3.63) is 28.0 Å². The lowest BCUT2D eigenvalue weighted by atomic mass is 10.4. The van der Waals surface area contributed by atoms with Crippen LogP contribution in [0, 0.1) is 6.92 Å². The molecule has 0 saturated heterocycles. The summed E-state index contributed by atoms with van der Waals surface area (Å²) in [6.07, 6.45) is 0. The van der Waals surface area contributed by atoms with Gasteiger partial charge in [0.25, 0.3) is 0 Å². The predicted molar refractivity (Wildman–Crippen MR) is 61.5 cm³/mol. The first-order valence-corrected chi connectivity index (χ1v) is 5.97. The summed E-state index contributed by atoms with van der Waals surface area (Å²) in [7, 11) is 0. The Morgan fingerprint density at radius 3 is 3.06 bits per heavy atom. The molecule has 18 heavy (non-hydrogen) atoms. The van der Waals surface area contributed by atoms with Gasteiger partial charge in [-0.1, -0.05) is 16.9 Å². The number of aromatic nitrogens is 4. The maximum atomic E-state index is 11.5. The third-order valence-electron chi connectivity index (χ3n) is 2.04. The van der Waals surface area contributed by atoms with Crippen LogP contribution in [0.1, 0.15) is 11.5 Å². The highest BCUT2D eigenvalue weighted by Crippen LogP contribution is 2.14. The molecule has 0 atom stereocenters. The molecule has 0 radical (unpaired) electrons. The normalized spacial score (nSPS) is 10.7. The second-order valence-corrected chi connectivity index (χ2v) is 4.45. The van der Waals surface area contributed by atoms with Crippen molar-refractivity contribution in [2.75, 3.05) is 5.75 Å². The van der Waals surface area contributed by atoms with Gasteiger partial charge in [-0.25, -0.2) is 9.89 Å². The van der Waals surface area contributed by atoms with Crippen molar-refractivity contribution in [1.29, 1.82) is 0 Å². The van der Waals surface area contributed by atoms with Crippen molar-refractivity contribution in [2.24, 2.45) is 0 Å². The van der Waals surface area contributed by atoms with Gasteiger partial charge in [-0.15, -0.1) is 5.10 Å². The maximum Gasteiger partial charge on any atom is 0.344 e. The van der Waals surface area contributed by atoms with E-state index in [2.05, 4.69) is 15.4 Å². The van der Waals surface area contributed by atoms with Gasteiger partial charge in [0.05, 0.1) is 12.3 Å². The molecule has 0 amide bonds. The van der Waals surface area contributed by atoms with Crippen molar-refractivity contribution < 1.29 is 14.4 Å². The Kier molecular flexibility index (Phi) is 3.51. The minimum atomic E-state index is -0.973. The zero-order valence-corrected chi connectivity index (χ0v) is 10.2. The van der Waals surface area contributed by atoms with E-state index in [-0.39, 0.29) is 12.3 Å². The highest BCUT2D eigenvalue weighted by molar-refractivity contribution is 7.99. The number of carboxylic acid groups (broad SMARTS) is 1. The molecule has 9 heteroatoms. The molecule has 0 spiro atoms. The van der Waals surface area contributed by atoms with Crippen molar-refractivity contribution in [3.8, 4) is 0 Å². The third-order valence-corrected chi connectivity index (χ3v) is 3.01. The van der Waals surface area contributed by atoms with Gasteiger partial charge in [0.2, 0.25) is 0 Å². The van der Waals surface area contributed by atoms with E-state index in [0.29, 0.717) is 16.6 Å². The van der Waals surface area contributed by atoms with Crippen molar-refractivity contribution in [3.63, 3.8) is 0 Å². The van der Waals surface area contributed by atoms with Gasteiger partial charge in [0, 0.05) is 6.07 Å². The molecule has 0 bridgehead atoms. The van der Waals surface area contributed by atoms with Crippen LogP contribution in [0.4, 0.5) is 0 Å². The Morgan fingerprint density at radius 1 is 1.67 bits per heavy atom. The van der Waals surface area contributed by atoms with Crippen LogP contribution in [0.3, 0.4) is 0 Å². The molecular weight excluding hydrogens is 260 g/mol. The lowest BCUT2D eigenvalue weighted by molar-refractivity contribution is -0.133. The zero-order chi connectivity index (χ0) is 13.1. The molecule has 96 valence electrons. The summed E-state index contributed by atoms with van der Waals surface area (Å²) in [5.41, 5.74) is 0.164. The summed E-state index contributed by atoms with van der Waals surface area (Å²) in [6.45, 7) is 1.93. The molecule has 8 nitrogen and oxygen atoms in total. The van der Waals surface area contributed by atoms with Gasteiger partial charge < -0.3 is 9.63 Å². The number of aromatic amines is 1. The van der Waals surface area contributed by atoms with Gasteiger partial charge in [0.15, 0.2) is 5.16 Å². The molecule has 0 aromatic carbocycles. The Balaban J connectivity index is 2.18. The van der Waals surface area contributed by atoms with Gasteiger partial charge in [-0.3, -0.25) is 9.36 Å². The summed E-state index contributed by atoms with van der Waals surface area (Å²) in [4.78, 5) is 22.0. The summed E-state index contributed by atoms with van der Waals surface area (Å²) >= 11 is 0.965. The first kappa shape index (κ1) is 12.4. The topological polar surface area (TPSA) is 114 Å². The molecule has 0 aliphatic rings. The van der Waals surface area contributed by atoms with E-state index in [4.69, 9.17) is 9.63 Å². The van der Waals surface area contributed by atoms with E-state index in [9.17, 15) is 9.59 Å². The van der Waals surface area contributed by atoms with Crippen LogP contribution < -0.4 is 5.69 Å². The summed E-state index contributed by atoms with van der Waals surface area (Å²) in [6, 6.07) is 1.70. The Bertz CT molecular complexity index is 614. The van der Waals surface area contributed by atoms with E-state index >= 15 is 0 Å². The molecule has 0 aliphatic carbocycles. The molecule has 0 saturated carbocycles. The molecule has 2 aromatic rings. The third kappa shape index (κ3) is 2.80. The summed E-state index contributed by atoms with van der Waals surface area (Å²) in [5, 5.41) is 18.7. The molecule has 0 unspecified atom stereocenters. The monoisotopic (exact) mass is 270 g/mol. The van der Waals surface area contributed by atoms with Crippen LogP contribution in [0.15, 0.2) is 20.5 Å². The lowest BCUT2D eigenvalue weighted by Gasteiger charge is -2.00. The number of carbonyl (C=O) groups is 1. The molecule has 2 aromatic heterocycles. The smallest absolute Gasteiger partial charge is 0.344 e. The van der Waals surface area contributed by atoms with E-state index in [1.165, 1.54) is 4.57 Å². The van der Waals surface area contributed by atoms with Crippen LogP contribution in [-0.4, -0.2) is 36.7 Å². The first-order chi connectivity index (χ1) is 8.56. The number of nitrogens with one attached hydrogen (secondary N) is 1. The molecule has 2 N–H and O–H groups in total. The van der Waals surface area contributed by atoms with Gasteiger partial charge >= 0.3 is 11.7 Å². The fourth-order valence-corrected chi connectivity index (χ4v) is 2.00. The number of thioether (sulfide) groups is 1. The van der Waals surface area contributed by atoms with E-state index < -0.39 is 11.7 Å². The van der Waals surface area contributed by atoms with Gasteiger partial charge in [0.1, 0.15) is 11.5 Å². The second kappa shape index (κ2) is 5.08. The highest BCUT2D eigenvalue weighted by Gasteiger charge is 2.12. The van der Waals surface area contributed by atoms with Crippen LogP contribution in [0.5, 0.6) is 0 Å². The quantitative estimate of drug-likeness (QED) is 0.740. The second-order valence-electron chi connectivity index (χ2n) is 3.51. The van der Waals surface area contributed by atoms with Gasteiger partial charge in [-0.05, 0) is 6.92 Å². The van der Waals surface area contributed by atoms with E-state index in [1.54, 1.807) is 13.0 Å². The van der Waals surface area contributed by atoms with Crippen molar-refractivity contribution in [1.82, 2.24) is 19.9 Å². The van der Waals surface area contributed by atoms with Crippen LogP contribution in [0.25, 0.3) is 0 Å². The number of carboxylic acids is 1. The summed E-state index contributed by atoms with van der Waals surface area (Å²) in [5.74, 6) is -0.497. The van der Waals surface area contributed by atoms with E-state index in [0.717, 1.165) is 11.8 Å². The Hall–Kier alpha value is -2.03. The standard InChI is InChI=1S/C9H10N4O4S/c1-5-2-6(12-17-5)3-13-8(16)10-11-9(13)18-4-7(14)15/h2H,3-4H2,1H3,(H,10,16)(H,14,15). The number of hydrogen-bond acceptors (Lipinski definition) is 6. The average Bonchev–Trinajstić information content (AvgIpc) is 2.85. The van der Waals surface area contributed by atoms with E-state index in [1.807, 2.05) is 0 Å². The maximum absolute atomic E-state index is 11.5. The van der Waals surface area contributed by atoms with Crippen molar-refractivity contribution in [2.45, 2.75) is 18.6 Å². The number of hydrogen-bond donors (Lipinski definition) is 2. The van der Waals surface area contributed by atoms with Crippen molar-refractivity contribution >= 4 is 17.7 Å². The SMILES string of the molecule is Cc1cc(Cn2c(SCC(=O)O)n[nH]c2=O)no1. The largest absolute Gasteiger partial charge is 0.481 e. The molecule has 2 rings (SSSR count). The zero-order valence-electron chi connectivity index (χ0n) is 9.41. The number of nitrogens with zero attached hydrogens (tertiary/aromatic N) is 3. The summed E-state index contributed by atoms with van der Waals surface area (Å²) < 4.78 is 6.20. The Labute approximate surface area is 105 Å². The molecule has 2 heterocycles. The minimum Gasteiger partial charge on any atom is -0.481 e. The number of H-pyrrole nitrogens is 1. The van der Waals surface area contributed by atoms with Crippen LogP contribution in [-0.2, 0) is 11.3 Å². The molecular formula is C9H10N4O4S. The fraction of sp³-hybridized carbons (Fsp3) is 0.333. The van der Waals surface area contributed by atoms with Crippen LogP contribution >= 0.6 is 11.8 Å². The average molecular weight is 270 g/mol. The Morgan fingerprint density at radius 2 is 2.44 bits per heavy atom. The number of aliphatic carboxylic acids is 1. The van der Waals surface area contributed by atoms with Gasteiger partial charge in [-0.2, -0.15) is 0 Å².